The Morgan fingerprint density at radius 2 is 1.90 bits per heavy atom. The van der Waals surface area contributed by atoms with Crippen LogP contribution in [0.4, 0.5) is 0 Å². The Bertz CT molecular complexity index is 1080. The zero-order valence-electron chi connectivity index (χ0n) is 16.9. The topological polar surface area (TPSA) is 64.6 Å². The Morgan fingerprint density at radius 3 is 2.62 bits per heavy atom. The molecular formula is C21H23N3O3S2. The van der Waals surface area contributed by atoms with E-state index in [1.165, 1.54) is 27.8 Å². The molecule has 3 heterocycles. The van der Waals surface area contributed by atoms with Gasteiger partial charge in [-0.3, -0.25) is 4.79 Å². The molecule has 0 bridgehead atoms. The van der Waals surface area contributed by atoms with Gasteiger partial charge < -0.3 is 14.4 Å². The number of thioether (sulfide) groups is 1. The van der Waals surface area contributed by atoms with Gasteiger partial charge in [0.1, 0.15) is 16.2 Å². The SMILES string of the molecule is COc1cc2c(cc1OC)CN(C(=O)CSc1ncnc3sc(C)c(C)c13)CC2. The van der Waals surface area contributed by atoms with Gasteiger partial charge in [-0.15, -0.1) is 11.3 Å². The van der Waals surface area contributed by atoms with Gasteiger partial charge in [0.25, 0.3) is 0 Å². The second-order valence-corrected chi connectivity index (χ2v) is 9.14. The highest BCUT2D eigenvalue weighted by atomic mass is 32.2. The van der Waals surface area contributed by atoms with Crippen molar-refractivity contribution in [1.29, 1.82) is 0 Å². The zero-order valence-corrected chi connectivity index (χ0v) is 18.6. The molecule has 1 aliphatic rings. The number of carbonyl (C=O) groups excluding carboxylic acids is 1. The predicted molar refractivity (Wildman–Crippen MR) is 116 cm³/mol. The van der Waals surface area contributed by atoms with Crippen LogP contribution in [-0.2, 0) is 17.8 Å². The molecule has 0 saturated carbocycles. The minimum absolute atomic E-state index is 0.117. The number of amides is 1. The molecule has 0 radical (unpaired) electrons. The summed E-state index contributed by atoms with van der Waals surface area (Å²) in [4.78, 5) is 25.8. The third-order valence-corrected chi connectivity index (χ3v) is 7.42. The van der Waals surface area contributed by atoms with Gasteiger partial charge in [-0.05, 0) is 49.1 Å². The van der Waals surface area contributed by atoms with E-state index in [-0.39, 0.29) is 5.91 Å². The lowest BCUT2D eigenvalue weighted by Crippen LogP contribution is -2.37. The summed E-state index contributed by atoms with van der Waals surface area (Å²) in [5.41, 5.74) is 3.52. The van der Waals surface area contributed by atoms with Crippen LogP contribution in [0.15, 0.2) is 23.5 Å². The molecule has 0 atom stereocenters. The van der Waals surface area contributed by atoms with E-state index >= 15 is 0 Å². The predicted octanol–water partition coefficient (Wildman–Crippen LogP) is 4.00. The van der Waals surface area contributed by atoms with E-state index in [1.54, 1.807) is 31.9 Å². The summed E-state index contributed by atoms with van der Waals surface area (Å²) in [6, 6.07) is 4.00. The Hall–Kier alpha value is -2.32. The number of aryl methyl sites for hydroxylation is 2. The molecule has 8 heteroatoms. The number of aromatic nitrogens is 2. The number of thiophene rings is 1. The van der Waals surface area contributed by atoms with Gasteiger partial charge in [0, 0.05) is 23.4 Å². The van der Waals surface area contributed by atoms with Gasteiger partial charge in [-0.25, -0.2) is 9.97 Å². The number of fused-ring (bicyclic) bond motifs is 2. The molecule has 3 aromatic rings. The van der Waals surface area contributed by atoms with Gasteiger partial charge >= 0.3 is 0 Å². The number of nitrogens with zero attached hydrogens (tertiary/aromatic N) is 3. The maximum atomic E-state index is 12.9. The number of hydrogen-bond acceptors (Lipinski definition) is 7. The molecule has 0 saturated heterocycles. The van der Waals surface area contributed by atoms with Crippen molar-refractivity contribution in [2.75, 3.05) is 26.5 Å². The van der Waals surface area contributed by atoms with E-state index in [4.69, 9.17) is 9.47 Å². The maximum Gasteiger partial charge on any atom is 0.233 e. The molecule has 0 unspecified atom stereocenters. The van der Waals surface area contributed by atoms with Crippen molar-refractivity contribution in [2.45, 2.75) is 31.8 Å². The van der Waals surface area contributed by atoms with Crippen LogP contribution in [0, 0.1) is 13.8 Å². The van der Waals surface area contributed by atoms with Crippen molar-refractivity contribution in [1.82, 2.24) is 14.9 Å². The van der Waals surface area contributed by atoms with Gasteiger partial charge in [0.15, 0.2) is 11.5 Å². The van der Waals surface area contributed by atoms with Gasteiger partial charge in [-0.1, -0.05) is 11.8 Å². The molecule has 1 aliphatic heterocycles. The number of benzene rings is 1. The van der Waals surface area contributed by atoms with E-state index in [9.17, 15) is 4.79 Å². The second-order valence-electron chi connectivity index (χ2n) is 6.97. The molecule has 1 amide bonds. The normalized spacial score (nSPS) is 13.4. The monoisotopic (exact) mass is 429 g/mol. The van der Waals surface area contributed by atoms with E-state index in [2.05, 4.69) is 23.8 Å². The van der Waals surface area contributed by atoms with E-state index in [0.717, 1.165) is 33.0 Å². The van der Waals surface area contributed by atoms with Crippen LogP contribution in [-0.4, -0.2) is 47.3 Å². The average Bonchev–Trinajstić information content (AvgIpc) is 3.04. The van der Waals surface area contributed by atoms with Crippen LogP contribution >= 0.6 is 23.1 Å². The molecule has 0 spiro atoms. The highest BCUT2D eigenvalue weighted by Crippen LogP contribution is 2.35. The van der Waals surface area contributed by atoms with Gasteiger partial charge in [0.05, 0.1) is 20.0 Å². The Kier molecular flexibility index (Phi) is 5.65. The molecule has 29 heavy (non-hydrogen) atoms. The van der Waals surface area contributed by atoms with Crippen molar-refractivity contribution >= 4 is 39.2 Å². The third-order valence-electron chi connectivity index (χ3n) is 5.33. The first kappa shape index (κ1) is 20.0. The molecule has 0 fully saturated rings. The lowest BCUT2D eigenvalue weighted by molar-refractivity contribution is -0.129. The zero-order chi connectivity index (χ0) is 20.5. The lowest BCUT2D eigenvalue weighted by Gasteiger charge is -2.29. The fourth-order valence-electron chi connectivity index (χ4n) is 3.58. The van der Waals surface area contributed by atoms with E-state index < -0.39 is 0 Å². The summed E-state index contributed by atoms with van der Waals surface area (Å²) in [5.74, 6) is 1.91. The molecule has 152 valence electrons. The summed E-state index contributed by atoms with van der Waals surface area (Å²) >= 11 is 3.17. The fraction of sp³-hybridized carbons (Fsp3) is 0.381. The van der Waals surface area contributed by atoms with Crippen LogP contribution < -0.4 is 9.47 Å². The summed E-state index contributed by atoms with van der Waals surface area (Å²) in [6.45, 7) is 5.48. The van der Waals surface area contributed by atoms with Crippen molar-refractivity contribution in [3.8, 4) is 11.5 Å². The average molecular weight is 430 g/mol. The lowest BCUT2D eigenvalue weighted by atomic mass is 9.99. The first-order valence-corrected chi connectivity index (χ1v) is 11.2. The van der Waals surface area contributed by atoms with Crippen LogP contribution in [0.2, 0.25) is 0 Å². The highest BCUT2D eigenvalue weighted by Gasteiger charge is 2.23. The van der Waals surface area contributed by atoms with Gasteiger partial charge in [0.2, 0.25) is 5.91 Å². The summed E-state index contributed by atoms with van der Waals surface area (Å²) in [7, 11) is 3.27. The second kappa shape index (κ2) is 8.20. The van der Waals surface area contributed by atoms with Crippen molar-refractivity contribution in [3.05, 3.63) is 40.0 Å². The molecule has 6 nitrogen and oxygen atoms in total. The van der Waals surface area contributed by atoms with Crippen LogP contribution in [0.25, 0.3) is 10.2 Å². The Balaban J connectivity index is 1.48. The summed E-state index contributed by atoms with van der Waals surface area (Å²) < 4.78 is 10.8. The first-order chi connectivity index (χ1) is 14.0. The smallest absolute Gasteiger partial charge is 0.233 e. The largest absolute Gasteiger partial charge is 0.493 e. The standard InChI is InChI=1S/C21H23N3O3S2/c1-12-13(2)29-21-19(12)20(22-11-23-21)28-10-18(25)24-6-5-14-7-16(26-3)17(27-4)8-15(14)9-24/h7-8,11H,5-6,9-10H2,1-4H3. The minimum atomic E-state index is 0.117. The van der Waals surface area contributed by atoms with Crippen LogP contribution in [0.3, 0.4) is 0 Å². The fourth-order valence-corrected chi connectivity index (χ4v) is 5.60. The van der Waals surface area contributed by atoms with E-state index in [0.29, 0.717) is 24.6 Å². The number of hydrogen-bond donors (Lipinski definition) is 0. The van der Waals surface area contributed by atoms with Crippen LogP contribution in [0.5, 0.6) is 11.5 Å². The van der Waals surface area contributed by atoms with Crippen molar-refractivity contribution < 1.29 is 14.3 Å². The molecule has 2 aromatic heterocycles. The Labute approximate surface area is 178 Å². The van der Waals surface area contributed by atoms with Crippen molar-refractivity contribution in [2.24, 2.45) is 0 Å². The molecule has 4 rings (SSSR count). The summed E-state index contributed by atoms with van der Waals surface area (Å²) in [5, 5.41) is 1.96. The number of rotatable bonds is 5. The van der Waals surface area contributed by atoms with E-state index in [1.807, 2.05) is 17.0 Å². The number of ether oxygens (including phenoxy) is 2. The first-order valence-electron chi connectivity index (χ1n) is 9.36. The Morgan fingerprint density at radius 1 is 1.17 bits per heavy atom. The summed E-state index contributed by atoms with van der Waals surface area (Å²) in [6.07, 6.45) is 2.40. The molecule has 0 N–H and O–H groups in total. The molecular weight excluding hydrogens is 406 g/mol. The number of methoxy groups -OCH3 is 2. The minimum Gasteiger partial charge on any atom is -0.493 e. The quantitative estimate of drug-likeness (QED) is 0.451. The number of carbonyl (C=O) groups is 1. The third kappa shape index (κ3) is 3.79. The van der Waals surface area contributed by atoms with Crippen LogP contribution in [0.1, 0.15) is 21.6 Å². The van der Waals surface area contributed by atoms with Gasteiger partial charge in [-0.2, -0.15) is 0 Å². The molecule has 0 aliphatic carbocycles. The molecule has 1 aromatic carbocycles. The van der Waals surface area contributed by atoms with Crippen molar-refractivity contribution in [3.63, 3.8) is 0 Å². The highest BCUT2D eigenvalue weighted by molar-refractivity contribution is 8.00. The maximum absolute atomic E-state index is 12.9.